The van der Waals surface area contributed by atoms with Gasteiger partial charge < -0.3 is 24.8 Å². The van der Waals surface area contributed by atoms with Gasteiger partial charge in [-0.2, -0.15) is 0 Å². The Labute approximate surface area is 238 Å². The van der Waals surface area contributed by atoms with Gasteiger partial charge in [-0.05, 0) is 73.0 Å². The second-order valence-corrected chi connectivity index (χ2v) is 10.5. The Morgan fingerprint density at radius 2 is 1.85 bits per heavy atom. The molecule has 0 bridgehead atoms. The first kappa shape index (κ1) is 29.1. The van der Waals surface area contributed by atoms with E-state index in [2.05, 4.69) is 10.6 Å². The van der Waals surface area contributed by atoms with E-state index in [0.717, 1.165) is 24.0 Å². The van der Waals surface area contributed by atoms with Gasteiger partial charge in [0.25, 0.3) is 5.91 Å². The van der Waals surface area contributed by atoms with Crippen LogP contribution in [-0.4, -0.2) is 57.7 Å². The number of carbonyl (C=O) groups excluding carboxylic acids is 3. The van der Waals surface area contributed by atoms with Crippen molar-refractivity contribution in [1.82, 2.24) is 10.6 Å². The molecular weight excluding hydrogens is 530 g/mol. The number of thiophene rings is 1. The van der Waals surface area contributed by atoms with Crippen LogP contribution in [0.3, 0.4) is 0 Å². The number of ether oxygens (including phenoxy) is 3. The van der Waals surface area contributed by atoms with Crippen LogP contribution in [0.1, 0.15) is 45.2 Å². The molecule has 1 fully saturated rings. The highest BCUT2D eigenvalue weighted by molar-refractivity contribution is 7.12. The van der Waals surface area contributed by atoms with Gasteiger partial charge in [0.1, 0.15) is 6.04 Å². The summed E-state index contributed by atoms with van der Waals surface area (Å²) in [4.78, 5) is 42.6. The van der Waals surface area contributed by atoms with Crippen LogP contribution in [0.5, 0.6) is 11.5 Å². The molecule has 1 aromatic heterocycles. The smallest absolute Gasteiger partial charge is 0.261 e. The van der Waals surface area contributed by atoms with E-state index in [1.54, 1.807) is 35.7 Å². The third-order valence-electron chi connectivity index (χ3n) is 7.01. The third-order valence-corrected chi connectivity index (χ3v) is 7.88. The molecule has 40 heavy (non-hydrogen) atoms. The van der Waals surface area contributed by atoms with E-state index in [0.29, 0.717) is 40.8 Å². The van der Waals surface area contributed by atoms with Crippen LogP contribution >= 0.6 is 11.3 Å². The first-order chi connectivity index (χ1) is 19.3. The Morgan fingerprint density at radius 3 is 2.52 bits per heavy atom. The molecule has 0 radical (unpaired) electrons. The van der Waals surface area contributed by atoms with Crippen molar-refractivity contribution in [3.63, 3.8) is 0 Å². The van der Waals surface area contributed by atoms with Crippen molar-refractivity contribution in [2.45, 2.75) is 38.8 Å². The minimum Gasteiger partial charge on any atom is -0.493 e. The number of carbonyl (C=O) groups is 3. The maximum atomic E-state index is 14.0. The lowest BCUT2D eigenvalue weighted by molar-refractivity contribution is -0.126. The summed E-state index contributed by atoms with van der Waals surface area (Å²) in [6, 6.07) is 13.2. The number of anilines is 1. The van der Waals surface area contributed by atoms with Crippen molar-refractivity contribution < 1.29 is 28.6 Å². The Balaban J connectivity index is 1.75. The molecular formula is C30H35N3O6S. The first-order valence-electron chi connectivity index (χ1n) is 13.1. The van der Waals surface area contributed by atoms with Crippen molar-refractivity contribution in [2.75, 3.05) is 38.8 Å². The number of aryl methyl sites for hydroxylation is 1. The molecule has 0 unspecified atom stereocenters. The van der Waals surface area contributed by atoms with Crippen molar-refractivity contribution in [3.05, 3.63) is 75.5 Å². The molecule has 4 rings (SSSR count). The fraction of sp³-hybridized carbons (Fsp3) is 0.367. The van der Waals surface area contributed by atoms with Crippen LogP contribution in [0.15, 0.2) is 53.9 Å². The van der Waals surface area contributed by atoms with Gasteiger partial charge in [-0.1, -0.05) is 24.3 Å². The number of methoxy groups -OCH3 is 2. The van der Waals surface area contributed by atoms with Gasteiger partial charge in [0.05, 0.1) is 31.7 Å². The Morgan fingerprint density at radius 1 is 1.05 bits per heavy atom. The Bertz CT molecular complexity index is 1340. The van der Waals surface area contributed by atoms with Gasteiger partial charge in [0.15, 0.2) is 11.5 Å². The average Bonchev–Trinajstić information content (AvgIpc) is 3.70. The molecule has 2 N–H and O–H groups in total. The van der Waals surface area contributed by atoms with Gasteiger partial charge in [-0.3, -0.25) is 19.3 Å². The van der Waals surface area contributed by atoms with Crippen molar-refractivity contribution >= 4 is 34.7 Å². The summed E-state index contributed by atoms with van der Waals surface area (Å²) in [6.45, 7) is 4.55. The molecule has 2 heterocycles. The normalized spacial score (nSPS) is 15.2. The van der Waals surface area contributed by atoms with Gasteiger partial charge >= 0.3 is 0 Å². The van der Waals surface area contributed by atoms with Gasteiger partial charge in [0, 0.05) is 18.8 Å². The minimum atomic E-state index is -1.06. The first-order valence-corrected chi connectivity index (χ1v) is 14.0. The van der Waals surface area contributed by atoms with Crippen LogP contribution in [0, 0.1) is 13.8 Å². The molecule has 1 aliphatic heterocycles. The number of amides is 3. The molecule has 1 aliphatic rings. The van der Waals surface area contributed by atoms with Crippen molar-refractivity contribution in [3.8, 4) is 11.5 Å². The monoisotopic (exact) mass is 565 g/mol. The van der Waals surface area contributed by atoms with E-state index in [-0.39, 0.29) is 24.5 Å². The number of rotatable bonds is 11. The lowest BCUT2D eigenvalue weighted by Crippen LogP contribution is -2.48. The number of nitrogens with zero attached hydrogens (tertiary/aromatic N) is 1. The summed E-state index contributed by atoms with van der Waals surface area (Å²) in [7, 11) is 3.05. The molecule has 3 aromatic rings. The number of nitrogens with one attached hydrogen (secondary N) is 2. The summed E-state index contributed by atoms with van der Waals surface area (Å²) >= 11 is 1.29. The molecule has 0 aliphatic carbocycles. The van der Waals surface area contributed by atoms with Crippen LogP contribution in [0.4, 0.5) is 5.69 Å². The molecule has 1 saturated heterocycles. The fourth-order valence-corrected chi connectivity index (χ4v) is 5.35. The molecule has 0 saturated carbocycles. The average molecular weight is 566 g/mol. The summed E-state index contributed by atoms with van der Waals surface area (Å²) < 4.78 is 16.6. The molecule has 2 aromatic carbocycles. The van der Waals surface area contributed by atoms with E-state index in [1.807, 2.05) is 32.0 Å². The quantitative estimate of drug-likeness (QED) is 0.361. The maximum Gasteiger partial charge on any atom is 0.261 e. The Hall–Kier alpha value is -3.89. The largest absolute Gasteiger partial charge is 0.493 e. The number of hydrogen-bond donors (Lipinski definition) is 2. The second-order valence-electron chi connectivity index (χ2n) is 9.54. The fourth-order valence-electron chi connectivity index (χ4n) is 4.71. The topological polar surface area (TPSA) is 106 Å². The van der Waals surface area contributed by atoms with E-state index in [9.17, 15) is 14.4 Å². The van der Waals surface area contributed by atoms with Crippen molar-refractivity contribution in [1.29, 1.82) is 0 Å². The molecule has 212 valence electrons. The van der Waals surface area contributed by atoms with E-state index in [1.165, 1.54) is 30.5 Å². The van der Waals surface area contributed by atoms with Gasteiger partial charge in [0.2, 0.25) is 11.8 Å². The zero-order valence-electron chi connectivity index (χ0n) is 23.2. The summed E-state index contributed by atoms with van der Waals surface area (Å²) in [5.41, 5.74) is 2.91. The minimum absolute atomic E-state index is 0.0788. The number of hydrogen-bond acceptors (Lipinski definition) is 7. The zero-order chi connectivity index (χ0) is 28.6. The highest BCUT2D eigenvalue weighted by Gasteiger charge is 2.35. The third kappa shape index (κ3) is 6.63. The predicted molar refractivity (Wildman–Crippen MR) is 154 cm³/mol. The molecule has 9 nitrogen and oxygen atoms in total. The lowest BCUT2D eigenvalue weighted by Gasteiger charge is -2.33. The van der Waals surface area contributed by atoms with E-state index < -0.39 is 11.9 Å². The number of benzene rings is 2. The second kappa shape index (κ2) is 13.5. The molecule has 2 atom stereocenters. The predicted octanol–water partition coefficient (Wildman–Crippen LogP) is 4.18. The highest BCUT2D eigenvalue weighted by atomic mass is 32.1. The molecule has 10 heteroatoms. The Kier molecular flexibility index (Phi) is 9.79. The summed E-state index contributed by atoms with van der Waals surface area (Å²) in [6.07, 6.45) is 1.72. The van der Waals surface area contributed by atoms with Gasteiger partial charge in [-0.25, -0.2) is 0 Å². The van der Waals surface area contributed by atoms with Crippen LogP contribution < -0.4 is 25.0 Å². The zero-order valence-corrected chi connectivity index (χ0v) is 24.0. The maximum absolute atomic E-state index is 14.0. The standard InChI is InChI=1S/C30H35N3O6S/c1-19-8-5-10-23(20(19)2)33(27(34)18-32-29(35)26-11-7-15-40-26)28(30(36)31-17-22-9-6-14-39-22)21-12-13-24(37-3)25(16-21)38-4/h5,7-8,10-13,15-16,22,28H,6,9,14,17-18H2,1-4H3,(H,31,36)(H,32,35)/t22-,28-/m1/s1. The van der Waals surface area contributed by atoms with Gasteiger partial charge in [-0.15, -0.1) is 11.3 Å². The van der Waals surface area contributed by atoms with Crippen LogP contribution in [0.25, 0.3) is 0 Å². The SMILES string of the molecule is COc1ccc([C@H](C(=O)NC[C@H]2CCCO2)N(C(=O)CNC(=O)c2cccs2)c2cccc(C)c2C)cc1OC. The van der Waals surface area contributed by atoms with Crippen LogP contribution in [0.2, 0.25) is 0 Å². The van der Waals surface area contributed by atoms with E-state index in [4.69, 9.17) is 14.2 Å². The molecule has 0 spiro atoms. The van der Waals surface area contributed by atoms with Crippen LogP contribution in [-0.2, 0) is 14.3 Å². The summed E-state index contributed by atoms with van der Waals surface area (Å²) in [5, 5.41) is 7.51. The van der Waals surface area contributed by atoms with E-state index >= 15 is 0 Å². The van der Waals surface area contributed by atoms with Crippen molar-refractivity contribution in [2.24, 2.45) is 0 Å². The summed E-state index contributed by atoms with van der Waals surface area (Å²) in [5.74, 6) is -0.240. The highest BCUT2D eigenvalue weighted by Crippen LogP contribution is 2.36. The molecule has 3 amide bonds. The lowest BCUT2D eigenvalue weighted by atomic mass is 9.99.